The topological polar surface area (TPSA) is 49.0 Å². The van der Waals surface area contributed by atoms with Crippen molar-refractivity contribution in [3.05, 3.63) is 45.4 Å². The lowest BCUT2D eigenvalue weighted by Gasteiger charge is -2.12. The van der Waals surface area contributed by atoms with Crippen LogP contribution in [-0.4, -0.2) is 23.6 Å². The van der Waals surface area contributed by atoms with Gasteiger partial charge in [0.05, 0.1) is 5.69 Å². The molecular weight excluding hydrogens is 270 g/mol. The fourth-order valence-electron chi connectivity index (χ4n) is 2.91. The summed E-state index contributed by atoms with van der Waals surface area (Å²) in [7, 11) is 2.11. The molecule has 2 aliphatic rings. The Morgan fingerprint density at radius 2 is 2.25 bits per heavy atom. The third-order valence-electron chi connectivity index (χ3n) is 4.07. The third-order valence-corrected chi connectivity index (χ3v) is 5.04. The molecule has 0 radical (unpaired) electrons. The van der Waals surface area contributed by atoms with Gasteiger partial charge in [-0.15, -0.1) is 0 Å². The third kappa shape index (κ3) is 1.77. The standard InChI is InChI=1S/C15H15N3OS/c1-18-5-4-9-6-10(2-3-13(9)18)14-16-12-8-20-7-11(12)15(19)17-14/h2-3,6H,4-5,7-8H2,1H3,(H,16,17,19). The van der Waals surface area contributed by atoms with Gasteiger partial charge in [0.1, 0.15) is 5.82 Å². The first-order valence-electron chi connectivity index (χ1n) is 6.76. The summed E-state index contributed by atoms with van der Waals surface area (Å²) in [5.74, 6) is 2.33. The number of anilines is 1. The number of fused-ring (bicyclic) bond motifs is 2. The van der Waals surface area contributed by atoms with Gasteiger partial charge < -0.3 is 9.88 Å². The van der Waals surface area contributed by atoms with E-state index in [0.717, 1.165) is 41.3 Å². The number of hydrogen-bond donors (Lipinski definition) is 1. The molecule has 1 aromatic carbocycles. The Hall–Kier alpha value is -1.75. The molecule has 2 aliphatic heterocycles. The summed E-state index contributed by atoms with van der Waals surface area (Å²) in [6.07, 6.45) is 1.06. The van der Waals surface area contributed by atoms with Gasteiger partial charge in [-0.2, -0.15) is 11.8 Å². The number of rotatable bonds is 1. The van der Waals surface area contributed by atoms with Crippen LogP contribution < -0.4 is 10.5 Å². The summed E-state index contributed by atoms with van der Waals surface area (Å²) in [6, 6.07) is 6.33. The number of likely N-dealkylation sites (N-methyl/N-ethyl adjacent to an activating group) is 1. The molecule has 0 spiro atoms. The van der Waals surface area contributed by atoms with Gasteiger partial charge in [0.2, 0.25) is 0 Å². The van der Waals surface area contributed by atoms with Gasteiger partial charge in [-0.1, -0.05) is 0 Å². The normalized spacial score (nSPS) is 16.4. The molecule has 0 bridgehead atoms. The van der Waals surface area contributed by atoms with Crippen LogP contribution in [0, 0.1) is 0 Å². The predicted molar refractivity (Wildman–Crippen MR) is 82.3 cm³/mol. The van der Waals surface area contributed by atoms with Gasteiger partial charge in [-0.05, 0) is 30.2 Å². The molecule has 0 saturated heterocycles. The molecule has 0 unspecified atom stereocenters. The largest absolute Gasteiger partial charge is 0.374 e. The number of thioether (sulfide) groups is 1. The highest BCUT2D eigenvalue weighted by Gasteiger charge is 2.20. The van der Waals surface area contributed by atoms with Crippen molar-refractivity contribution in [3.63, 3.8) is 0 Å². The van der Waals surface area contributed by atoms with Gasteiger partial charge in [0, 0.05) is 41.9 Å². The molecule has 0 aliphatic carbocycles. The van der Waals surface area contributed by atoms with Crippen molar-refractivity contribution in [1.29, 1.82) is 0 Å². The number of H-pyrrole nitrogens is 1. The Balaban J connectivity index is 1.82. The fraction of sp³-hybridized carbons (Fsp3) is 0.333. The number of nitrogens with zero attached hydrogens (tertiary/aromatic N) is 2. The predicted octanol–water partition coefficient (Wildman–Crippen LogP) is 2.18. The Morgan fingerprint density at radius 3 is 3.15 bits per heavy atom. The number of aromatic amines is 1. The lowest BCUT2D eigenvalue weighted by atomic mass is 10.1. The average Bonchev–Trinajstić information content (AvgIpc) is 3.06. The van der Waals surface area contributed by atoms with Crippen molar-refractivity contribution < 1.29 is 0 Å². The second-order valence-electron chi connectivity index (χ2n) is 5.35. The lowest BCUT2D eigenvalue weighted by Crippen LogP contribution is -2.15. The molecule has 4 rings (SSSR count). The van der Waals surface area contributed by atoms with Crippen molar-refractivity contribution in [2.45, 2.75) is 17.9 Å². The van der Waals surface area contributed by atoms with Crippen molar-refractivity contribution in [2.75, 3.05) is 18.5 Å². The first kappa shape index (κ1) is 12.0. The van der Waals surface area contributed by atoms with E-state index in [4.69, 9.17) is 0 Å². The second kappa shape index (κ2) is 4.38. The molecule has 102 valence electrons. The van der Waals surface area contributed by atoms with E-state index in [2.05, 4.69) is 34.0 Å². The van der Waals surface area contributed by atoms with E-state index < -0.39 is 0 Å². The van der Waals surface area contributed by atoms with Crippen LogP contribution in [0.15, 0.2) is 23.0 Å². The van der Waals surface area contributed by atoms with Crippen LogP contribution in [0.5, 0.6) is 0 Å². The SMILES string of the molecule is CN1CCc2cc(-c3nc4c(c(=O)[nH]3)CSC4)ccc21. The summed E-state index contributed by atoms with van der Waals surface area (Å²) in [6.45, 7) is 1.06. The van der Waals surface area contributed by atoms with Crippen LogP contribution in [0.1, 0.15) is 16.8 Å². The van der Waals surface area contributed by atoms with E-state index >= 15 is 0 Å². The molecule has 4 nitrogen and oxygen atoms in total. The number of nitrogens with one attached hydrogen (secondary N) is 1. The summed E-state index contributed by atoms with van der Waals surface area (Å²) >= 11 is 1.75. The fourth-order valence-corrected chi connectivity index (χ4v) is 3.95. The Kier molecular flexibility index (Phi) is 2.63. The zero-order valence-corrected chi connectivity index (χ0v) is 12.1. The van der Waals surface area contributed by atoms with Crippen LogP contribution in [0.25, 0.3) is 11.4 Å². The maximum absolute atomic E-state index is 12.1. The highest BCUT2D eigenvalue weighted by Crippen LogP contribution is 2.31. The van der Waals surface area contributed by atoms with E-state index in [0.29, 0.717) is 5.82 Å². The number of hydrogen-bond acceptors (Lipinski definition) is 4. The molecule has 5 heteroatoms. The van der Waals surface area contributed by atoms with Crippen LogP contribution in [0.3, 0.4) is 0 Å². The van der Waals surface area contributed by atoms with Gasteiger partial charge >= 0.3 is 0 Å². The van der Waals surface area contributed by atoms with Crippen LogP contribution >= 0.6 is 11.8 Å². The van der Waals surface area contributed by atoms with Gasteiger partial charge in [-0.25, -0.2) is 4.98 Å². The zero-order chi connectivity index (χ0) is 13.7. The number of benzene rings is 1. The zero-order valence-electron chi connectivity index (χ0n) is 11.3. The number of aromatic nitrogens is 2. The van der Waals surface area contributed by atoms with Crippen molar-refractivity contribution in [2.24, 2.45) is 0 Å². The van der Waals surface area contributed by atoms with E-state index in [1.807, 2.05) is 6.07 Å². The molecular formula is C15H15N3OS. The van der Waals surface area contributed by atoms with E-state index in [-0.39, 0.29) is 5.56 Å². The van der Waals surface area contributed by atoms with Gasteiger partial charge in [0.15, 0.2) is 0 Å². The maximum Gasteiger partial charge on any atom is 0.255 e. The van der Waals surface area contributed by atoms with E-state index in [1.165, 1.54) is 11.3 Å². The Labute approximate surface area is 121 Å². The molecule has 0 saturated carbocycles. The van der Waals surface area contributed by atoms with Crippen molar-refractivity contribution in [1.82, 2.24) is 9.97 Å². The molecule has 0 amide bonds. The second-order valence-corrected chi connectivity index (χ2v) is 6.33. The molecule has 0 fully saturated rings. The summed E-state index contributed by atoms with van der Waals surface area (Å²) in [5.41, 5.74) is 5.45. The van der Waals surface area contributed by atoms with E-state index in [1.54, 1.807) is 11.8 Å². The Morgan fingerprint density at radius 1 is 1.35 bits per heavy atom. The lowest BCUT2D eigenvalue weighted by molar-refractivity contribution is 0.956. The summed E-state index contributed by atoms with van der Waals surface area (Å²) in [4.78, 5) is 21.9. The van der Waals surface area contributed by atoms with Gasteiger partial charge in [-0.3, -0.25) is 4.79 Å². The molecule has 2 aromatic rings. The minimum Gasteiger partial charge on any atom is -0.374 e. The summed E-state index contributed by atoms with van der Waals surface area (Å²) in [5, 5.41) is 0. The first-order chi connectivity index (χ1) is 9.72. The first-order valence-corrected chi connectivity index (χ1v) is 7.92. The van der Waals surface area contributed by atoms with E-state index in [9.17, 15) is 4.79 Å². The van der Waals surface area contributed by atoms with Gasteiger partial charge in [0.25, 0.3) is 5.56 Å². The Bertz CT molecular complexity index is 753. The van der Waals surface area contributed by atoms with Crippen LogP contribution in [-0.2, 0) is 17.9 Å². The molecule has 0 atom stereocenters. The minimum atomic E-state index is 0.0209. The van der Waals surface area contributed by atoms with Crippen LogP contribution in [0.4, 0.5) is 5.69 Å². The van der Waals surface area contributed by atoms with Crippen molar-refractivity contribution >= 4 is 17.4 Å². The monoisotopic (exact) mass is 285 g/mol. The highest BCUT2D eigenvalue weighted by atomic mass is 32.2. The molecule has 1 aromatic heterocycles. The quantitative estimate of drug-likeness (QED) is 0.872. The van der Waals surface area contributed by atoms with Crippen molar-refractivity contribution in [3.8, 4) is 11.4 Å². The van der Waals surface area contributed by atoms with Crippen LogP contribution in [0.2, 0.25) is 0 Å². The molecule has 3 heterocycles. The summed E-state index contributed by atoms with van der Waals surface area (Å²) < 4.78 is 0. The maximum atomic E-state index is 12.1. The minimum absolute atomic E-state index is 0.0209. The molecule has 20 heavy (non-hydrogen) atoms. The highest BCUT2D eigenvalue weighted by molar-refractivity contribution is 7.98. The smallest absolute Gasteiger partial charge is 0.255 e. The molecule has 1 N–H and O–H groups in total. The average molecular weight is 285 g/mol.